The van der Waals surface area contributed by atoms with E-state index in [4.69, 9.17) is 5.73 Å². The Labute approximate surface area is 105 Å². The third-order valence-electron chi connectivity index (χ3n) is 3.75. The third kappa shape index (κ3) is 1.90. The Bertz CT molecular complexity index is 508. The van der Waals surface area contributed by atoms with Crippen LogP contribution in [0.4, 0.5) is 4.39 Å². The average molecular weight is 246 g/mol. The highest BCUT2D eigenvalue weighted by atomic mass is 19.1. The van der Waals surface area contributed by atoms with Crippen LogP contribution in [0, 0.1) is 5.82 Å². The molecule has 0 bridgehead atoms. The van der Waals surface area contributed by atoms with E-state index in [9.17, 15) is 4.39 Å². The van der Waals surface area contributed by atoms with Crippen LogP contribution in [-0.2, 0) is 0 Å². The molecule has 3 unspecified atom stereocenters. The molecule has 1 fully saturated rings. The average Bonchev–Trinajstić information content (AvgIpc) is 2.99. The van der Waals surface area contributed by atoms with Gasteiger partial charge in [0.05, 0.1) is 0 Å². The summed E-state index contributed by atoms with van der Waals surface area (Å²) in [5.41, 5.74) is 7.28. The molecule has 0 amide bonds. The molecule has 1 aliphatic carbocycles. The zero-order valence-electron chi connectivity index (χ0n) is 9.91. The van der Waals surface area contributed by atoms with Gasteiger partial charge in [-0.05, 0) is 30.5 Å². The van der Waals surface area contributed by atoms with E-state index in [0.29, 0.717) is 0 Å². The van der Waals surface area contributed by atoms with Crippen LogP contribution < -0.4 is 5.73 Å². The summed E-state index contributed by atoms with van der Waals surface area (Å²) in [4.78, 5) is 0. The minimum atomic E-state index is -0.217. The molecule has 4 nitrogen and oxygen atoms in total. The largest absolute Gasteiger partial charge is 0.327 e. The Hall–Kier alpha value is -1.75. The van der Waals surface area contributed by atoms with Gasteiger partial charge in [0.15, 0.2) is 0 Å². The van der Waals surface area contributed by atoms with Crippen LogP contribution in [-0.4, -0.2) is 20.8 Å². The third-order valence-corrected chi connectivity index (χ3v) is 3.75. The van der Waals surface area contributed by atoms with Gasteiger partial charge in [-0.25, -0.2) is 4.39 Å². The fraction of sp³-hybridized carbons (Fsp3) is 0.385. The lowest BCUT2D eigenvalue weighted by molar-refractivity contribution is 0.445. The lowest BCUT2D eigenvalue weighted by Gasteiger charge is -2.23. The summed E-state index contributed by atoms with van der Waals surface area (Å²) in [6, 6.07) is 6.99. The summed E-state index contributed by atoms with van der Waals surface area (Å²) in [6.07, 6.45) is 5.41. The Morgan fingerprint density at radius 2 is 1.78 bits per heavy atom. The molecule has 1 aromatic carbocycles. The van der Waals surface area contributed by atoms with Gasteiger partial charge in [0.25, 0.3) is 0 Å². The molecule has 1 saturated carbocycles. The van der Waals surface area contributed by atoms with Gasteiger partial charge in [-0.15, -0.1) is 10.2 Å². The van der Waals surface area contributed by atoms with Crippen molar-refractivity contribution in [3.8, 4) is 0 Å². The Morgan fingerprint density at radius 3 is 2.44 bits per heavy atom. The highest BCUT2D eigenvalue weighted by molar-refractivity contribution is 5.25. The van der Waals surface area contributed by atoms with Crippen molar-refractivity contribution in [2.45, 2.75) is 30.8 Å². The molecule has 0 aliphatic heterocycles. The normalized spacial score (nSPS) is 27.6. The van der Waals surface area contributed by atoms with Crippen LogP contribution in [0.5, 0.6) is 0 Å². The molecule has 1 heterocycles. The highest BCUT2D eigenvalue weighted by Crippen LogP contribution is 2.41. The van der Waals surface area contributed by atoms with E-state index >= 15 is 0 Å². The molecular weight excluding hydrogens is 231 g/mol. The zero-order chi connectivity index (χ0) is 12.5. The maximum absolute atomic E-state index is 13.0. The van der Waals surface area contributed by atoms with E-state index < -0.39 is 0 Å². The molecule has 18 heavy (non-hydrogen) atoms. The van der Waals surface area contributed by atoms with Crippen LogP contribution in [0.1, 0.15) is 30.4 Å². The molecule has 5 heteroatoms. The number of nitrogens with zero attached hydrogens (tertiary/aromatic N) is 3. The van der Waals surface area contributed by atoms with Crippen molar-refractivity contribution in [2.24, 2.45) is 5.73 Å². The first-order valence-electron chi connectivity index (χ1n) is 6.11. The van der Waals surface area contributed by atoms with Crippen LogP contribution in [0.3, 0.4) is 0 Å². The second kappa shape index (κ2) is 4.49. The minimum Gasteiger partial charge on any atom is -0.327 e. The standard InChI is InChI=1S/C13H15FN4/c14-10-3-1-9(2-4-10)13-11(15)5-6-12(13)18-7-16-17-8-18/h1-4,7-8,11-13H,5-6,15H2. The summed E-state index contributed by atoms with van der Waals surface area (Å²) in [5.74, 6) is -0.0206. The number of hydrogen-bond acceptors (Lipinski definition) is 3. The van der Waals surface area contributed by atoms with Crippen LogP contribution >= 0.6 is 0 Å². The smallest absolute Gasteiger partial charge is 0.123 e. The van der Waals surface area contributed by atoms with Gasteiger partial charge in [0.1, 0.15) is 18.5 Å². The maximum Gasteiger partial charge on any atom is 0.123 e. The van der Waals surface area contributed by atoms with E-state index in [1.807, 2.05) is 16.7 Å². The summed E-state index contributed by atoms with van der Waals surface area (Å²) in [5, 5.41) is 7.69. The molecule has 0 radical (unpaired) electrons. The van der Waals surface area contributed by atoms with Crippen molar-refractivity contribution < 1.29 is 4.39 Å². The maximum atomic E-state index is 13.0. The fourth-order valence-corrected chi connectivity index (χ4v) is 2.88. The van der Waals surface area contributed by atoms with Crippen molar-refractivity contribution in [2.75, 3.05) is 0 Å². The number of hydrogen-bond donors (Lipinski definition) is 1. The summed E-state index contributed by atoms with van der Waals surface area (Å²) < 4.78 is 15.0. The zero-order valence-corrected chi connectivity index (χ0v) is 9.91. The Balaban J connectivity index is 1.94. The van der Waals surface area contributed by atoms with Crippen molar-refractivity contribution >= 4 is 0 Å². The first kappa shape index (κ1) is 11.3. The molecule has 1 aromatic heterocycles. The Kier molecular flexibility index (Phi) is 2.83. The summed E-state index contributed by atoms with van der Waals surface area (Å²) in [7, 11) is 0. The molecule has 3 atom stereocenters. The molecule has 1 aliphatic rings. The molecule has 3 rings (SSSR count). The molecular formula is C13H15FN4. The van der Waals surface area contributed by atoms with Gasteiger partial charge >= 0.3 is 0 Å². The second-order valence-corrected chi connectivity index (χ2v) is 4.79. The molecule has 94 valence electrons. The van der Waals surface area contributed by atoms with Crippen LogP contribution in [0.25, 0.3) is 0 Å². The first-order chi connectivity index (χ1) is 8.75. The number of benzene rings is 1. The van der Waals surface area contributed by atoms with Crippen molar-refractivity contribution in [3.05, 3.63) is 48.3 Å². The quantitative estimate of drug-likeness (QED) is 0.880. The van der Waals surface area contributed by atoms with Crippen molar-refractivity contribution in [1.82, 2.24) is 14.8 Å². The molecule has 2 aromatic rings. The van der Waals surface area contributed by atoms with Gasteiger partial charge in [0, 0.05) is 18.0 Å². The van der Waals surface area contributed by atoms with E-state index in [1.54, 1.807) is 12.7 Å². The van der Waals surface area contributed by atoms with Gasteiger partial charge in [0.2, 0.25) is 0 Å². The van der Waals surface area contributed by atoms with Crippen LogP contribution in [0.15, 0.2) is 36.9 Å². The van der Waals surface area contributed by atoms with Gasteiger partial charge in [-0.1, -0.05) is 12.1 Å². The number of aromatic nitrogens is 3. The predicted molar refractivity (Wildman–Crippen MR) is 65.4 cm³/mol. The lowest BCUT2D eigenvalue weighted by Crippen LogP contribution is -2.26. The van der Waals surface area contributed by atoms with E-state index in [2.05, 4.69) is 10.2 Å². The van der Waals surface area contributed by atoms with Crippen molar-refractivity contribution in [3.63, 3.8) is 0 Å². The predicted octanol–water partition coefficient (Wildman–Crippen LogP) is 1.86. The van der Waals surface area contributed by atoms with E-state index in [1.165, 1.54) is 12.1 Å². The fourth-order valence-electron chi connectivity index (χ4n) is 2.88. The van der Waals surface area contributed by atoms with E-state index in [0.717, 1.165) is 18.4 Å². The van der Waals surface area contributed by atoms with E-state index in [-0.39, 0.29) is 23.8 Å². The summed E-state index contributed by atoms with van der Waals surface area (Å²) in [6.45, 7) is 0. The minimum absolute atomic E-state index is 0.0999. The molecule has 0 saturated heterocycles. The molecule has 2 N–H and O–H groups in total. The lowest BCUT2D eigenvalue weighted by atomic mass is 9.91. The first-order valence-corrected chi connectivity index (χ1v) is 6.11. The SMILES string of the molecule is NC1CCC(n2cnnc2)C1c1ccc(F)cc1. The monoisotopic (exact) mass is 246 g/mol. The highest BCUT2D eigenvalue weighted by Gasteiger charge is 2.36. The van der Waals surface area contributed by atoms with Gasteiger partial charge < -0.3 is 10.3 Å². The van der Waals surface area contributed by atoms with Crippen molar-refractivity contribution in [1.29, 1.82) is 0 Å². The number of nitrogens with two attached hydrogens (primary N) is 1. The number of halogens is 1. The Morgan fingerprint density at radius 1 is 1.11 bits per heavy atom. The van der Waals surface area contributed by atoms with Gasteiger partial charge in [-0.3, -0.25) is 0 Å². The topological polar surface area (TPSA) is 56.7 Å². The van der Waals surface area contributed by atoms with Gasteiger partial charge in [-0.2, -0.15) is 0 Å². The second-order valence-electron chi connectivity index (χ2n) is 4.79. The van der Waals surface area contributed by atoms with Crippen LogP contribution in [0.2, 0.25) is 0 Å². The summed E-state index contributed by atoms with van der Waals surface area (Å²) >= 11 is 0. The molecule has 0 spiro atoms. The number of rotatable bonds is 2.